The molecule has 1 amide bonds. The van der Waals surface area contributed by atoms with E-state index in [1.807, 2.05) is 0 Å². The van der Waals surface area contributed by atoms with E-state index >= 15 is 0 Å². The minimum Gasteiger partial charge on any atom is -0.493 e. The van der Waals surface area contributed by atoms with Gasteiger partial charge in [0.05, 0.1) is 19.2 Å². The number of rotatable bonds is 7. The van der Waals surface area contributed by atoms with Gasteiger partial charge in [-0.15, -0.1) is 11.3 Å². The number of nitrogens with zero attached hydrogens (tertiary/aromatic N) is 1. The van der Waals surface area contributed by atoms with Gasteiger partial charge >= 0.3 is 5.97 Å². The number of nitrogens with one attached hydrogen (secondary N) is 1. The average Bonchev–Trinajstić information content (AvgIpc) is 3.03. The lowest BCUT2D eigenvalue weighted by atomic mass is 10.1. The summed E-state index contributed by atoms with van der Waals surface area (Å²) in [7, 11) is 2.71. The second-order valence-electron chi connectivity index (χ2n) is 4.60. The second kappa shape index (κ2) is 7.73. The number of methoxy groups -OCH3 is 2. The summed E-state index contributed by atoms with van der Waals surface area (Å²) in [5, 5.41) is 13.3. The highest BCUT2D eigenvalue weighted by atomic mass is 32.1. The maximum atomic E-state index is 14.0. The summed E-state index contributed by atoms with van der Waals surface area (Å²) in [5.74, 6) is -2.23. The Kier molecular flexibility index (Phi) is 5.69. The molecule has 24 heavy (non-hydrogen) atoms. The molecule has 7 nitrogen and oxygen atoms in total. The standard InChI is InChI=1S/C15H15FN2O5S/c1-22-10-4-3-8(16)12(13(10)23-2)14(19)17-6-5-11-18-9(7-24-11)15(20)21/h3-4,7H,5-6H2,1-2H3,(H,17,19)(H,20,21). The van der Waals surface area contributed by atoms with Gasteiger partial charge in [0.15, 0.2) is 17.2 Å². The fraction of sp³-hybridized carbons (Fsp3) is 0.267. The van der Waals surface area contributed by atoms with Crippen molar-refractivity contribution in [2.75, 3.05) is 20.8 Å². The molecule has 2 rings (SSSR count). The molecule has 0 bridgehead atoms. The zero-order valence-corrected chi connectivity index (χ0v) is 13.8. The van der Waals surface area contributed by atoms with Crippen molar-refractivity contribution < 1.29 is 28.6 Å². The largest absolute Gasteiger partial charge is 0.493 e. The smallest absolute Gasteiger partial charge is 0.355 e. The Morgan fingerprint density at radius 1 is 1.33 bits per heavy atom. The third-order valence-electron chi connectivity index (χ3n) is 3.12. The second-order valence-corrected chi connectivity index (χ2v) is 5.54. The summed E-state index contributed by atoms with van der Waals surface area (Å²) < 4.78 is 24.1. The molecule has 0 saturated heterocycles. The molecule has 2 aromatic rings. The topological polar surface area (TPSA) is 97.8 Å². The molecule has 0 atom stereocenters. The number of ether oxygens (including phenoxy) is 2. The third-order valence-corrected chi connectivity index (χ3v) is 4.03. The van der Waals surface area contributed by atoms with Crippen LogP contribution in [0.4, 0.5) is 4.39 Å². The van der Waals surface area contributed by atoms with E-state index in [2.05, 4.69) is 10.3 Å². The molecule has 1 aromatic carbocycles. The van der Waals surface area contributed by atoms with Crippen LogP contribution in [0.2, 0.25) is 0 Å². The highest BCUT2D eigenvalue weighted by Crippen LogP contribution is 2.32. The van der Waals surface area contributed by atoms with Crippen molar-refractivity contribution in [1.29, 1.82) is 0 Å². The molecule has 0 aliphatic heterocycles. The Morgan fingerprint density at radius 2 is 2.08 bits per heavy atom. The summed E-state index contributed by atoms with van der Waals surface area (Å²) in [6, 6.07) is 2.49. The van der Waals surface area contributed by atoms with E-state index in [-0.39, 0.29) is 29.3 Å². The van der Waals surface area contributed by atoms with Crippen LogP contribution in [0.15, 0.2) is 17.5 Å². The monoisotopic (exact) mass is 354 g/mol. The number of halogens is 1. The molecule has 0 spiro atoms. The van der Waals surface area contributed by atoms with Crippen molar-refractivity contribution in [3.8, 4) is 11.5 Å². The molecule has 1 heterocycles. The number of thiazole rings is 1. The van der Waals surface area contributed by atoms with Crippen molar-refractivity contribution in [3.05, 3.63) is 39.6 Å². The fourth-order valence-corrected chi connectivity index (χ4v) is 2.78. The lowest BCUT2D eigenvalue weighted by Crippen LogP contribution is -2.27. The number of amides is 1. The zero-order valence-electron chi connectivity index (χ0n) is 13.0. The predicted molar refractivity (Wildman–Crippen MR) is 84.6 cm³/mol. The first-order valence-electron chi connectivity index (χ1n) is 6.84. The minimum atomic E-state index is -1.11. The number of hydrogen-bond acceptors (Lipinski definition) is 6. The van der Waals surface area contributed by atoms with Crippen molar-refractivity contribution in [2.24, 2.45) is 0 Å². The number of carboxylic acid groups (broad SMARTS) is 1. The molecule has 0 unspecified atom stereocenters. The highest BCUT2D eigenvalue weighted by molar-refractivity contribution is 7.09. The molecular weight excluding hydrogens is 339 g/mol. The summed E-state index contributed by atoms with van der Waals surface area (Å²) in [4.78, 5) is 26.9. The van der Waals surface area contributed by atoms with E-state index in [1.54, 1.807) is 0 Å². The number of carboxylic acids is 1. The quantitative estimate of drug-likeness (QED) is 0.789. The van der Waals surface area contributed by atoms with E-state index in [0.717, 1.165) is 6.07 Å². The van der Waals surface area contributed by atoms with Gasteiger partial charge in [-0.3, -0.25) is 4.79 Å². The van der Waals surface area contributed by atoms with Crippen LogP contribution in [0.5, 0.6) is 11.5 Å². The van der Waals surface area contributed by atoms with Crippen LogP contribution in [0, 0.1) is 5.82 Å². The van der Waals surface area contributed by atoms with Crippen molar-refractivity contribution >= 4 is 23.2 Å². The van der Waals surface area contributed by atoms with Crippen LogP contribution in [0.3, 0.4) is 0 Å². The molecule has 128 valence electrons. The van der Waals surface area contributed by atoms with Crippen LogP contribution in [-0.2, 0) is 6.42 Å². The molecule has 2 N–H and O–H groups in total. The molecular formula is C15H15FN2O5S. The van der Waals surface area contributed by atoms with E-state index in [9.17, 15) is 14.0 Å². The normalized spacial score (nSPS) is 10.3. The van der Waals surface area contributed by atoms with Gasteiger partial charge in [-0.2, -0.15) is 0 Å². The van der Waals surface area contributed by atoms with Crippen molar-refractivity contribution in [3.63, 3.8) is 0 Å². The number of carbonyl (C=O) groups excluding carboxylic acids is 1. The highest BCUT2D eigenvalue weighted by Gasteiger charge is 2.21. The Bertz CT molecular complexity index is 762. The van der Waals surface area contributed by atoms with Gasteiger partial charge in [0, 0.05) is 18.3 Å². The molecule has 0 fully saturated rings. The van der Waals surface area contributed by atoms with Gasteiger partial charge < -0.3 is 19.9 Å². The van der Waals surface area contributed by atoms with Crippen molar-refractivity contribution in [1.82, 2.24) is 10.3 Å². The third kappa shape index (κ3) is 3.80. The Labute approximate surface area is 141 Å². The maximum absolute atomic E-state index is 14.0. The van der Waals surface area contributed by atoms with Gasteiger partial charge in [0.1, 0.15) is 11.4 Å². The van der Waals surface area contributed by atoms with Gasteiger partial charge in [-0.25, -0.2) is 14.2 Å². The summed E-state index contributed by atoms with van der Waals surface area (Å²) >= 11 is 1.18. The van der Waals surface area contributed by atoms with E-state index in [4.69, 9.17) is 14.6 Å². The summed E-state index contributed by atoms with van der Waals surface area (Å²) in [6.07, 6.45) is 0.331. The van der Waals surface area contributed by atoms with Crippen LogP contribution >= 0.6 is 11.3 Å². The predicted octanol–water partition coefficient (Wildman–Crippen LogP) is 1.97. The number of aromatic carboxylic acids is 1. The number of carbonyl (C=O) groups is 2. The van der Waals surface area contributed by atoms with Crippen LogP contribution in [0.1, 0.15) is 25.9 Å². The Balaban J connectivity index is 2.05. The van der Waals surface area contributed by atoms with E-state index in [1.165, 1.54) is 37.0 Å². The van der Waals surface area contributed by atoms with Gasteiger partial charge in [0.2, 0.25) is 0 Å². The lowest BCUT2D eigenvalue weighted by Gasteiger charge is -2.13. The summed E-state index contributed by atoms with van der Waals surface area (Å²) in [5.41, 5.74) is -0.288. The van der Waals surface area contributed by atoms with Gasteiger partial charge in [0.25, 0.3) is 5.91 Å². The molecule has 0 aliphatic carbocycles. The molecule has 0 saturated carbocycles. The zero-order chi connectivity index (χ0) is 17.7. The summed E-state index contributed by atoms with van der Waals surface area (Å²) in [6.45, 7) is 0.172. The first-order chi connectivity index (χ1) is 11.5. The van der Waals surface area contributed by atoms with Gasteiger partial charge in [-0.05, 0) is 12.1 Å². The first-order valence-corrected chi connectivity index (χ1v) is 7.72. The van der Waals surface area contributed by atoms with Crippen molar-refractivity contribution in [2.45, 2.75) is 6.42 Å². The lowest BCUT2D eigenvalue weighted by molar-refractivity contribution is 0.0690. The minimum absolute atomic E-state index is 0.0115. The molecule has 9 heteroatoms. The number of hydrogen-bond donors (Lipinski definition) is 2. The number of benzene rings is 1. The number of aromatic nitrogens is 1. The molecule has 0 aliphatic rings. The maximum Gasteiger partial charge on any atom is 0.355 e. The van der Waals surface area contributed by atoms with E-state index < -0.39 is 17.7 Å². The Hall–Kier alpha value is -2.68. The average molecular weight is 354 g/mol. The van der Waals surface area contributed by atoms with Crippen LogP contribution in [0.25, 0.3) is 0 Å². The van der Waals surface area contributed by atoms with Crippen LogP contribution in [-0.4, -0.2) is 42.7 Å². The molecule has 1 aromatic heterocycles. The van der Waals surface area contributed by atoms with Gasteiger partial charge in [-0.1, -0.05) is 0 Å². The molecule has 0 radical (unpaired) electrons. The van der Waals surface area contributed by atoms with E-state index in [0.29, 0.717) is 11.4 Å². The first kappa shape index (κ1) is 17.7. The fourth-order valence-electron chi connectivity index (χ4n) is 2.01. The van der Waals surface area contributed by atoms with Crippen LogP contribution < -0.4 is 14.8 Å². The SMILES string of the molecule is COc1ccc(F)c(C(=O)NCCc2nc(C(=O)O)cs2)c1OC. The Morgan fingerprint density at radius 3 is 2.67 bits per heavy atom.